The number of anilines is 1. The first-order valence-electron chi connectivity index (χ1n) is 12.2. The third-order valence-corrected chi connectivity index (χ3v) is 9.37. The summed E-state index contributed by atoms with van der Waals surface area (Å²) in [5, 5.41) is 3.32. The van der Waals surface area contributed by atoms with Gasteiger partial charge in [-0.3, -0.25) is 14.6 Å². The van der Waals surface area contributed by atoms with Crippen LogP contribution in [0.4, 0.5) is 5.69 Å². The minimum atomic E-state index is -0.240. The fraction of sp³-hybridized carbons (Fsp3) is 0.464. The van der Waals surface area contributed by atoms with Gasteiger partial charge in [0.25, 0.3) is 0 Å². The van der Waals surface area contributed by atoms with E-state index in [9.17, 15) is 9.59 Å². The standard InChI is InChI=1S/C28H30N2O2S/c1-17-5-4-6-22-24(31)12-21(29-26(17)22)16-33-25-8-3-2-7-23(25)30-27(32)28-13-18-9-19(14-28)11-20(10-18)15-28/h2-8,12,18-20,22H,9-11,13-16H2,1H3,(H,30,32). The molecule has 1 N–H and O–H groups in total. The molecule has 1 atom stereocenters. The molecule has 1 aromatic rings. The average molecular weight is 459 g/mol. The Kier molecular flexibility index (Phi) is 5.21. The molecule has 33 heavy (non-hydrogen) atoms. The van der Waals surface area contributed by atoms with Gasteiger partial charge in [0.2, 0.25) is 5.91 Å². The molecule has 1 aliphatic heterocycles. The summed E-state index contributed by atoms with van der Waals surface area (Å²) < 4.78 is 0. The van der Waals surface area contributed by atoms with Crippen molar-refractivity contribution in [2.45, 2.75) is 50.3 Å². The second-order valence-electron chi connectivity index (χ2n) is 10.7. The van der Waals surface area contributed by atoms with Crippen molar-refractivity contribution in [3.8, 4) is 0 Å². The zero-order valence-electron chi connectivity index (χ0n) is 19.0. The number of amides is 1. The fourth-order valence-corrected chi connectivity index (χ4v) is 8.03. The lowest BCUT2D eigenvalue weighted by Gasteiger charge is -2.55. The Bertz CT molecular complexity index is 1110. The summed E-state index contributed by atoms with van der Waals surface area (Å²) in [6, 6.07) is 8.04. The summed E-state index contributed by atoms with van der Waals surface area (Å²) in [5.74, 6) is 2.92. The number of fused-ring (bicyclic) bond motifs is 1. The molecule has 5 aliphatic carbocycles. The summed E-state index contributed by atoms with van der Waals surface area (Å²) in [6.45, 7) is 2.01. The molecule has 4 bridgehead atoms. The molecule has 4 saturated carbocycles. The quantitative estimate of drug-likeness (QED) is 0.553. The Labute approximate surface area is 199 Å². The zero-order chi connectivity index (χ0) is 22.6. The van der Waals surface area contributed by atoms with Crippen LogP contribution in [0, 0.1) is 29.1 Å². The van der Waals surface area contributed by atoms with E-state index in [0.717, 1.165) is 64.6 Å². The number of hydrogen-bond donors (Lipinski definition) is 1. The number of carbonyl (C=O) groups is 2. The molecule has 0 saturated heterocycles. The minimum absolute atomic E-state index is 0.0997. The van der Waals surface area contributed by atoms with Crippen molar-refractivity contribution in [1.29, 1.82) is 0 Å². The third-order valence-electron chi connectivity index (χ3n) is 8.26. The molecule has 1 aromatic carbocycles. The minimum Gasteiger partial charge on any atom is -0.325 e. The van der Waals surface area contributed by atoms with E-state index in [1.807, 2.05) is 43.4 Å². The molecule has 0 aromatic heterocycles. The molecule has 1 unspecified atom stereocenters. The molecule has 0 radical (unpaired) electrons. The molecular weight excluding hydrogens is 428 g/mol. The second kappa shape index (κ2) is 8.12. The molecule has 4 nitrogen and oxygen atoms in total. The monoisotopic (exact) mass is 458 g/mol. The molecule has 5 heteroatoms. The van der Waals surface area contributed by atoms with E-state index in [1.165, 1.54) is 19.3 Å². The Balaban J connectivity index is 1.17. The molecule has 0 spiro atoms. The van der Waals surface area contributed by atoms with Crippen LogP contribution in [0.25, 0.3) is 0 Å². The number of nitrogens with zero attached hydrogens (tertiary/aromatic N) is 1. The van der Waals surface area contributed by atoms with Crippen molar-refractivity contribution in [2.75, 3.05) is 11.1 Å². The van der Waals surface area contributed by atoms with Gasteiger partial charge in [-0.15, -0.1) is 11.8 Å². The maximum Gasteiger partial charge on any atom is 0.230 e. The summed E-state index contributed by atoms with van der Waals surface area (Å²) in [5.41, 5.74) is 3.43. The van der Waals surface area contributed by atoms with E-state index in [4.69, 9.17) is 4.99 Å². The highest BCUT2D eigenvalue weighted by atomic mass is 32.2. The maximum atomic E-state index is 13.5. The first kappa shape index (κ1) is 21.2. The van der Waals surface area contributed by atoms with E-state index in [2.05, 4.69) is 11.4 Å². The molecular formula is C28H30N2O2S. The number of hydrogen-bond acceptors (Lipinski definition) is 4. The normalized spacial score (nSPS) is 33.8. The van der Waals surface area contributed by atoms with Gasteiger partial charge in [-0.25, -0.2) is 0 Å². The maximum absolute atomic E-state index is 13.5. The largest absolute Gasteiger partial charge is 0.325 e. The number of rotatable bonds is 5. The number of para-hydroxylation sites is 1. The van der Waals surface area contributed by atoms with Gasteiger partial charge < -0.3 is 5.32 Å². The van der Waals surface area contributed by atoms with Gasteiger partial charge >= 0.3 is 0 Å². The van der Waals surface area contributed by atoms with Gasteiger partial charge in [-0.2, -0.15) is 0 Å². The predicted octanol–water partition coefficient (Wildman–Crippen LogP) is 5.97. The third kappa shape index (κ3) is 3.84. The zero-order valence-corrected chi connectivity index (χ0v) is 19.9. The van der Waals surface area contributed by atoms with Crippen LogP contribution in [0.3, 0.4) is 0 Å². The van der Waals surface area contributed by atoms with Crippen LogP contribution < -0.4 is 5.32 Å². The van der Waals surface area contributed by atoms with E-state index >= 15 is 0 Å². The van der Waals surface area contributed by atoms with Crippen LogP contribution >= 0.6 is 11.8 Å². The Hall–Kier alpha value is -2.40. The number of ketones is 1. The number of benzene rings is 1. The van der Waals surface area contributed by atoms with Crippen LogP contribution in [0.15, 0.2) is 69.7 Å². The highest BCUT2D eigenvalue weighted by Crippen LogP contribution is 2.60. The van der Waals surface area contributed by atoms with Gasteiger partial charge in [-0.05, 0) is 80.9 Å². The number of allylic oxidation sites excluding steroid dienone is 5. The first-order chi connectivity index (χ1) is 16.0. The number of thioether (sulfide) groups is 1. The van der Waals surface area contributed by atoms with Gasteiger partial charge in [0.15, 0.2) is 5.78 Å². The lowest BCUT2D eigenvalue weighted by Crippen LogP contribution is -2.51. The van der Waals surface area contributed by atoms with Crippen molar-refractivity contribution in [2.24, 2.45) is 34.1 Å². The molecule has 170 valence electrons. The number of nitrogens with one attached hydrogen (secondary N) is 1. The highest BCUT2D eigenvalue weighted by molar-refractivity contribution is 7.99. The smallest absolute Gasteiger partial charge is 0.230 e. The fourth-order valence-electron chi connectivity index (χ4n) is 7.13. The molecule has 1 heterocycles. The summed E-state index contributed by atoms with van der Waals surface area (Å²) in [6.07, 6.45) is 14.7. The van der Waals surface area contributed by atoms with E-state index < -0.39 is 0 Å². The molecule has 7 rings (SSSR count). The van der Waals surface area contributed by atoms with E-state index in [-0.39, 0.29) is 23.0 Å². The summed E-state index contributed by atoms with van der Waals surface area (Å²) in [7, 11) is 0. The highest BCUT2D eigenvalue weighted by Gasteiger charge is 2.54. The van der Waals surface area contributed by atoms with Crippen LogP contribution in [-0.2, 0) is 9.59 Å². The van der Waals surface area contributed by atoms with Crippen LogP contribution in [0.5, 0.6) is 0 Å². The lowest BCUT2D eigenvalue weighted by molar-refractivity contribution is -0.140. The Morgan fingerprint density at radius 3 is 2.55 bits per heavy atom. The van der Waals surface area contributed by atoms with E-state index in [0.29, 0.717) is 5.75 Å². The average Bonchev–Trinajstić information content (AvgIpc) is 2.78. The second-order valence-corrected chi connectivity index (χ2v) is 11.7. The lowest BCUT2D eigenvalue weighted by atomic mass is 9.49. The SMILES string of the molecule is CC1=CC=CC2C(=O)C=C(CSc3ccccc3NC(=O)C34CC5CC(CC(C5)C3)C4)N=C12. The van der Waals surface area contributed by atoms with E-state index in [1.54, 1.807) is 17.8 Å². The summed E-state index contributed by atoms with van der Waals surface area (Å²) in [4.78, 5) is 32.0. The van der Waals surface area contributed by atoms with Gasteiger partial charge in [0.1, 0.15) is 0 Å². The Morgan fingerprint density at radius 2 is 1.82 bits per heavy atom. The molecule has 6 aliphatic rings. The van der Waals surface area contributed by atoms with Gasteiger partial charge in [0, 0.05) is 16.7 Å². The predicted molar refractivity (Wildman–Crippen MR) is 133 cm³/mol. The first-order valence-corrected chi connectivity index (χ1v) is 13.2. The van der Waals surface area contributed by atoms with Crippen molar-refractivity contribution in [1.82, 2.24) is 0 Å². The number of aliphatic imine (C=N–C) groups is 1. The van der Waals surface area contributed by atoms with Gasteiger partial charge in [-0.1, -0.05) is 30.4 Å². The van der Waals surface area contributed by atoms with Crippen LogP contribution in [0.1, 0.15) is 45.4 Å². The number of carbonyl (C=O) groups excluding carboxylic acids is 2. The van der Waals surface area contributed by atoms with Crippen molar-refractivity contribution >= 4 is 34.9 Å². The molecule has 1 amide bonds. The van der Waals surface area contributed by atoms with Crippen molar-refractivity contribution in [3.63, 3.8) is 0 Å². The van der Waals surface area contributed by atoms with Crippen molar-refractivity contribution in [3.05, 3.63) is 59.8 Å². The van der Waals surface area contributed by atoms with Crippen LogP contribution in [-0.4, -0.2) is 23.2 Å². The molecule has 4 fully saturated rings. The van der Waals surface area contributed by atoms with Gasteiger partial charge in [0.05, 0.1) is 28.4 Å². The van der Waals surface area contributed by atoms with Crippen molar-refractivity contribution < 1.29 is 9.59 Å². The Morgan fingerprint density at radius 1 is 1.12 bits per heavy atom. The summed E-state index contributed by atoms with van der Waals surface area (Å²) >= 11 is 1.64. The van der Waals surface area contributed by atoms with Crippen LogP contribution in [0.2, 0.25) is 0 Å². The topological polar surface area (TPSA) is 58.5 Å².